The summed E-state index contributed by atoms with van der Waals surface area (Å²) in [5, 5.41) is 7.10. The Hall–Kier alpha value is -10.2. The second-order valence-electron chi connectivity index (χ2n) is 19.7. The molecule has 0 saturated carbocycles. The van der Waals surface area contributed by atoms with E-state index >= 15 is 0 Å². The van der Waals surface area contributed by atoms with E-state index in [1.165, 1.54) is 43.6 Å². The first-order valence-electron chi connectivity index (χ1n) is 26.4. The molecule has 13 aromatic carbocycles. The van der Waals surface area contributed by atoms with E-state index in [2.05, 4.69) is 324 Å². The standard InChI is InChI=1S/C74H51N3/c1-5-22-52(23-6-1)57-32-19-34-61(46-57)75(70-39-17-15-37-65(70)54-26-9-3-10-27-54)63-43-42-59-49-69-68-45-44-64(51-74(68)77(73(69)50-60(59)48-63)72-41-21-31-56-30-13-14-36-67(56)72)76(62-35-20-33-58(47-62)53-24-7-2-8-25-53)71-40-18-16-38-66(71)55-28-11-4-12-29-55/h1-51H. The third-order valence-corrected chi connectivity index (χ3v) is 15.1. The maximum Gasteiger partial charge on any atom is 0.0562 e. The van der Waals surface area contributed by atoms with Crippen molar-refractivity contribution >= 4 is 77.5 Å². The smallest absolute Gasteiger partial charge is 0.0562 e. The maximum atomic E-state index is 2.51. The van der Waals surface area contributed by atoms with Crippen molar-refractivity contribution in [2.75, 3.05) is 9.80 Å². The molecule has 0 amide bonds. The summed E-state index contributed by atoms with van der Waals surface area (Å²) in [5.74, 6) is 0. The second-order valence-corrected chi connectivity index (χ2v) is 19.7. The van der Waals surface area contributed by atoms with E-state index in [1.54, 1.807) is 0 Å². The van der Waals surface area contributed by atoms with Crippen molar-refractivity contribution in [1.29, 1.82) is 0 Å². The fourth-order valence-electron chi connectivity index (χ4n) is 11.5. The minimum absolute atomic E-state index is 1.06. The van der Waals surface area contributed by atoms with Crippen LogP contribution in [0.4, 0.5) is 34.1 Å². The summed E-state index contributed by atoms with van der Waals surface area (Å²) in [6.45, 7) is 0. The Morgan fingerprint density at radius 3 is 1.26 bits per heavy atom. The highest BCUT2D eigenvalue weighted by atomic mass is 15.2. The summed E-state index contributed by atoms with van der Waals surface area (Å²) < 4.78 is 2.51. The van der Waals surface area contributed by atoms with Gasteiger partial charge >= 0.3 is 0 Å². The van der Waals surface area contributed by atoms with Crippen LogP contribution in [-0.2, 0) is 0 Å². The Labute approximate surface area is 449 Å². The lowest BCUT2D eigenvalue weighted by molar-refractivity contribution is 1.19. The van der Waals surface area contributed by atoms with Crippen molar-refractivity contribution in [1.82, 2.24) is 4.57 Å². The zero-order chi connectivity index (χ0) is 51.1. The van der Waals surface area contributed by atoms with Crippen molar-refractivity contribution < 1.29 is 0 Å². The van der Waals surface area contributed by atoms with E-state index in [-0.39, 0.29) is 0 Å². The van der Waals surface area contributed by atoms with Gasteiger partial charge in [0.2, 0.25) is 0 Å². The molecule has 0 bridgehead atoms. The van der Waals surface area contributed by atoms with Gasteiger partial charge < -0.3 is 14.4 Å². The van der Waals surface area contributed by atoms with Gasteiger partial charge in [0.1, 0.15) is 0 Å². The minimum Gasteiger partial charge on any atom is -0.310 e. The van der Waals surface area contributed by atoms with Gasteiger partial charge in [-0.05, 0) is 128 Å². The summed E-state index contributed by atoms with van der Waals surface area (Å²) in [7, 11) is 0. The van der Waals surface area contributed by atoms with Crippen molar-refractivity contribution in [3.8, 4) is 50.2 Å². The van der Waals surface area contributed by atoms with E-state index in [0.29, 0.717) is 0 Å². The molecular formula is C74H51N3. The highest BCUT2D eigenvalue weighted by molar-refractivity contribution is 6.16. The Kier molecular flexibility index (Phi) is 11.5. The van der Waals surface area contributed by atoms with Gasteiger partial charge in [0.15, 0.2) is 0 Å². The number of hydrogen-bond acceptors (Lipinski definition) is 2. The number of para-hydroxylation sites is 2. The molecule has 362 valence electrons. The van der Waals surface area contributed by atoms with Gasteiger partial charge in [-0.1, -0.05) is 231 Å². The van der Waals surface area contributed by atoms with Crippen LogP contribution in [0.5, 0.6) is 0 Å². The summed E-state index contributed by atoms with van der Waals surface area (Å²) in [6, 6.07) is 113. The monoisotopic (exact) mass is 981 g/mol. The summed E-state index contributed by atoms with van der Waals surface area (Å²) >= 11 is 0. The molecule has 0 saturated heterocycles. The molecule has 0 aliphatic rings. The first kappa shape index (κ1) is 45.4. The van der Waals surface area contributed by atoms with Crippen LogP contribution < -0.4 is 9.80 Å². The number of rotatable bonds is 11. The van der Waals surface area contributed by atoms with E-state index in [4.69, 9.17) is 0 Å². The Bertz CT molecular complexity index is 4440. The fourth-order valence-corrected chi connectivity index (χ4v) is 11.5. The highest BCUT2D eigenvalue weighted by Crippen LogP contribution is 2.47. The Morgan fingerprint density at radius 1 is 0.221 bits per heavy atom. The summed E-state index contributed by atoms with van der Waals surface area (Å²) in [5.41, 5.74) is 19.2. The molecule has 1 aromatic heterocycles. The van der Waals surface area contributed by atoms with Crippen LogP contribution in [0.15, 0.2) is 309 Å². The van der Waals surface area contributed by atoms with Crippen LogP contribution >= 0.6 is 0 Å². The molecule has 0 atom stereocenters. The van der Waals surface area contributed by atoms with Crippen LogP contribution in [-0.4, -0.2) is 4.57 Å². The van der Waals surface area contributed by atoms with Gasteiger partial charge in [0.05, 0.1) is 28.1 Å². The number of hydrogen-bond donors (Lipinski definition) is 0. The molecule has 1 heterocycles. The lowest BCUT2D eigenvalue weighted by atomic mass is 9.99. The first-order chi connectivity index (χ1) is 38.2. The molecule has 77 heavy (non-hydrogen) atoms. The van der Waals surface area contributed by atoms with Crippen molar-refractivity contribution in [2.45, 2.75) is 0 Å². The average molecular weight is 982 g/mol. The predicted molar refractivity (Wildman–Crippen MR) is 327 cm³/mol. The van der Waals surface area contributed by atoms with Gasteiger partial charge in [-0.15, -0.1) is 0 Å². The number of fused-ring (bicyclic) bond motifs is 5. The van der Waals surface area contributed by atoms with Gasteiger partial charge in [-0.25, -0.2) is 0 Å². The number of aromatic nitrogens is 1. The molecule has 14 aromatic rings. The SMILES string of the molecule is c1ccc(-c2cccc(N(c3ccc4cc5c6ccc(N(c7cccc(-c8ccccc8)c7)c7ccccc7-c7ccccc7)cc6n(-c6cccc7ccccc67)c5cc4c3)c3ccccc3-c3ccccc3)c2)cc1. The van der Waals surface area contributed by atoms with Crippen LogP contribution in [0.25, 0.3) is 93.5 Å². The lowest BCUT2D eigenvalue weighted by Gasteiger charge is -2.28. The molecular weight excluding hydrogens is 931 g/mol. The molecule has 14 rings (SSSR count). The normalized spacial score (nSPS) is 11.4. The van der Waals surface area contributed by atoms with Crippen molar-refractivity contribution in [3.63, 3.8) is 0 Å². The van der Waals surface area contributed by atoms with E-state index in [1.807, 2.05) is 0 Å². The molecule has 0 unspecified atom stereocenters. The van der Waals surface area contributed by atoms with Crippen molar-refractivity contribution in [3.05, 3.63) is 309 Å². The van der Waals surface area contributed by atoms with Crippen LogP contribution in [0.3, 0.4) is 0 Å². The minimum atomic E-state index is 1.06. The number of benzene rings is 13. The molecule has 3 nitrogen and oxygen atoms in total. The average Bonchev–Trinajstić information content (AvgIpc) is 3.88. The molecule has 0 N–H and O–H groups in total. The van der Waals surface area contributed by atoms with E-state index in [0.717, 1.165) is 84.0 Å². The maximum absolute atomic E-state index is 2.51. The largest absolute Gasteiger partial charge is 0.310 e. The zero-order valence-corrected chi connectivity index (χ0v) is 42.3. The zero-order valence-electron chi connectivity index (χ0n) is 42.3. The van der Waals surface area contributed by atoms with E-state index < -0.39 is 0 Å². The lowest BCUT2D eigenvalue weighted by Crippen LogP contribution is -2.11. The van der Waals surface area contributed by atoms with Gasteiger partial charge in [0, 0.05) is 50.0 Å². The second kappa shape index (κ2) is 19.6. The molecule has 3 heteroatoms. The Morgan fingerprint density at radius 2 is 0.662 bits per heavy atom. The quantitative estimate of drug-likeness (QED) is 0.128. The van der Waals surface area contributed by atoms with Crippen LogP contribution in [0, 0.1) is 0 Å². The number of anilines is 6. The Balaban J connectivity index is 1.01. The first-order valence-corrected chi connectivity index (χ1v) is 26.4. The topological polar surface area (TPSA) is 11.4 Å². The molecule has 0 fully saturated rings. The third kappa shape index (κ3) is 8.37. The third-order valence-electron chi connectivity index (χ3n) is 15.1. The summed E-state index contributed by atoms with van der Waals surface area (Å²) in [6.07, 6.45) is 0. The molecule has 0 spiro atoms. The van der Waals surface area contributed by atoms with Gasteiger partial charge in [-0.3, -0.25) is 0 Å². The predicted octanol–water partition coefficient (Wildman–Crippen LogP) is 20.7. The van der Waals surface area contributed by atoms with E-state index in [9.17, 15) is 0 Å². The van der Waals surface area contributed by atoms with Crippen LogP contribution in [0.1, 0.15) is 0 Å². The van der Waals surface area contributed by atoms with Crippen molar-refractivity contribution in [2.24, 2.45) is 0 Å². The number of nitrogens with zero attached hydrogens (tertiary/aromatic N) is 3. The summed E-state index contributed by atoms with van der Waals surface area (Å²) in [4.78, 5) is 4.87. The van der Waals surface area contributed by atoms with Crippen LogP contribution in [0.2, 0.25) is 0 Å². The van der Waals surface area contributed by atoms with Gasteiger partial charge in [-0.2, -0.15) is 0 Å². The molecule has 0 aliphatic heterocycles. The molecule has 0 aliphatic carbocycles. The highest BCUT2D eigenvalue weighted by Gasteiger charge is 2.23. The molecule has 0 radical (unpaired) electrons. The van der Waals surface area contributed by atoms with Gasteiger partial charge in [0.25, 0.3) is 0 Å². The fraction of sp³-hybridized carbons (Fsp3) is 0.